The molecular formula is C17H19N7O2. The smallest absolute Gasteiger partial charge is 0.251 e. The molecule has 9 nitrogen and oxygen atoms in total. The number of hydrogen-bond donors (Lipinski definition) is 3. The van der Waals surface area contributed by atoms with Gasteiger partial charge in [0.1, 0.15) is 12.1 Å². The molecule has 2 aromatic heterocycles. The first kappa shape index (κ1) is 16.3. The van der Waals surface area contributed by atoms with Crippen molar-refractivity contribution in [2.24, 2.45) is 0 Å². The number of carbonyl (C=O) groups excluding carboxylic acids is 1. The van der Waals surface area contributed by atoms with Crippen molar-refractivity contribution in [3.05, 3.63) is 48.3 Å². The molecule has 0 radical (unpaired) electrons. The van der Waals surface area contributed by atoms with Gasteiger partial charge in [0.2, 0.25) is 5.95 Å². The van der Waals surface area contributed by atoms with Gasteiger partial charge in [-0.1, -0.05) is 18.2 Å². The molecule has 4 N–H and O–H groups in total. The van der Waals surface area contributed by atoms with E-state index in [0.29, 0.717) is 36.5 Å². The van der Waals surface area contributed by atoms with E-state index in [1.54, 1.807) is 22.6 Å². The zero-order valence-electron chi connectivity index (χ0n) is 14.0. The van der Waals surface area contributed by atoms with Gasteiger partial charge in [-0.25, -0.2) is 0 Å². The van der Waals surface area contributed by atoms with Gasteiger partial charge in [-0.3, -0.25) is 9.20 Å². The van der Waals surface area contributed by atoms with Crippen molar-refractivity contribution in [1.29, 1.82) is 0 Å². The monoisotopic (exact) mass is 353 g/mol. The number of hydrogen-bond acceptors (Lipinski definition) is 7. The summed E-state index contributed by atoms with van der Waals surface area (Å²) in [5.41, 5.74) is 7.10. The van der Waals surface area contributed by atoms with Crippen molar-refractivity contribution < 1.29 is 9.90 Å². The molecule has 26 heavy (non-hydrogen) atoms. The van der Waals surface area contributed by atoms with Crippen LogP contribution in [0, 0.1) is 0 Å². The lowest BCUT2D eigenvalue weighted by Gasteiger charge is -2.37. The number of nitrogen functional groups attached to an aromatic ring is 1. The van der Waals surface area contributed by atoms with Crippen LogP contribution in [0.25, 0.3) is 5.65 Å². The van der Waals surface area contributed by atoms with Crippen LogP contribution in [0.15, 0.2) is 42.7 Å². The SMILES string of the molecule is Nc1nc(N2CC[C@@H](NC(=O)c3ccccc3)[C@H](O)C2)cc2nncn12. The average Bonchev–Trinajstić information content (AvgIpc) is 3.13. The van der Waals surface area contributed by atoms with Crippen LogP contribution in [0.3, 0.4) is 0 Å². The fraction of sp³-hybridized carbons (Fsp3) is 0.294. The van der Waals surface area contributed by atoms with Gasteiger partial charge in [-0.15, -0.1) is 10.2 Å². The van der Waals surface area contributed by atoms with E-state index in [4.69, 9.17) is 5.73 Å². The number of nitrogens with zero attached hydrogens (tertiary/aromatic N) is 5. The van der Waals surface area contributed by atoms with E-state index in [-0.39, 0.29) is 17.9 Å². The Balaban J connectivity index is 1.45. The summed E-state index contributed by atoms with van der Waals surface area (Å²) in [4.78, 5) is 18.6. The number of aliphatic hydroxyl groups is 1. The molecule has 1 fully saturated rings. The second-order valence-corrected chi connectivity index (χ2v) is 6.28. The molecule has 1 aliphatic rings. The highest BCUT2D eigenvalue weighted by molar-refractivity contribution is 5.94. The van der Waals surface area contributed by atoms with Crippen LogP contribution >= 0.6 is 0 Å². The predicted molar refractivity (Wildman–Crippen MR) is 95.7 cm³/mol. The number of nitrogens with two attached hydrogens (primary N) is 1. The molecule has 1 aromatic carbocycles. The Labute approximate surface area is 149 Å². The summed E-state index contributed by atoms with van der Waals surface area (Å²) in [6, 6.07) is 10.4. The van der Waals surface area contributed by atoms with E-state index in [1.165, 1.54) is 6.33 Å². The molecule has 4 rings (SSSR count). The molecule has 0 saturated carbocycles. The first-order valence-electron chi connectivity index (χ1n) is 8.37. The largest absolute Gasteiger partial charge is 0.389 e. The molecule has 3 aromatic rings. The van der Waals surface area contributed by atoms with Crippen molar-refractivity contribution in [1.82, 2.24) is 24.9 Å². The topological polar surface area (TPSA) is 122 Å². The van der Waals surface area contributed by atoms with Crippen LogP contribution in [0.5, 0.6) is 0 Å². The molecule has 1 aliphatic heterocycles. The molecule has 0 spiro atoms. The van der Waals surface area contributed by atoms with Gasteiger partial charge in [-0.05, 0) is 18.6 Å². The number of amides is 1. The molecule has 0 aliphatic carbocycles. The zero-order valence-corrected chi connectivity index (χ0v) is 14.0. The Bertz CT molecular complexity index is 927. The average molecular weight is 353 g/mol. The third-order valence-electron chi connectivity index (χ3n) is 4.57. The Morgan fingerprint density at radius 1 is 1.31 bits per heavy atom. The summed E-state index contributed by atoms with van der Waals surface area (Å²) in [5.74, 6) is 0.738. The van der Waals surface area contributed by atoms with Crippen LogP contribution in [-0.2, 0) is 0 Å². The number of nitrogens with one attached hydrogen (secondary N) is 1. The van der Waals surface area contributed by atoms with Crippen molar-refractivity contribution in [3.8, 4) is 0 Å². The number of fused-ring (bicyclic) bond motifs is 1. The predicted octanol–water partition coefficient (Wildman–Crippen LogP) is 0.0761. The lowest BCUT2D eigenvalue weighted by Crippen LogP contribution is -2.54. The van der Waals surface area contributed by atoms with Crippen molar-refractivity contribution in [2.45, 2.75) is 18.6 Å². The Morgan fingerprint density at radius 2 is 2.12 bits per heavy atom. The quantitative estimate of drug-likeness (QED) is 0.609. The number of benzene rings is 1. The van der Waals surface area contributed by atoms with E-state index in [9.17, 15) is 9.90 Å². The van der Waals surface area contributed by atoms with Crippen LogP contribution in [0.2, 0.25) is 0 Å². The minimum atomic E-state index is -0.714. The molecule has 2 atom stereocenters. The van der Waals surface area contributed by atoms with Gasteiger partial charge in [-0.2, -0.15) is 4.98 Å². The third kappa shape index (κ3) is 3.04. The maximum absolute atomic E-state index is 12.3. The number of β-amino-alcohol motifs (C(OH)–C–C–N with tert-alkyl or cyclic N) is 1. The normalized spacial score (nSPS) is 20.3. The van der Waals surface area contributed by atoms with Crippen LogP contribution in [-0.4, -0.2) is 55.8 Å². The van der Waals surface area contributed by atoms with Crippen LogP contribution < -0.4 is 16.0 Å². The van der Waals surface area contributed by atoms with Crippen molar-refractivity contribution >= 4 is 23.3 Å². The van der Waals surface area contributed by atoms with Gasteiger partial charge in [0, 0.05) is 24.7 Å². The fourth-order valence-corrected chi connectivity index (χ4v) is 3.15. The molecule has 1 saturated heterocycles. The summed E-state index contributed by atoms with van der Waals surface area (Å²) >= 11 is 0. The summed E-state index contributed by atoms with van der Waals surface area (Å²) < 4.78 is 1.59. The fourth-order valence-electron chi connectivity index (χ4n) is 3.15. The van der Waals surface area contributed by atoms with Gasteiger partial charge in [0.15, 0.2) is 5.65 Å². The number of carbonyl (C=O) groups is 1. The first-order chi connectivity index (χ1) is 12.6. The standard InChI is InChI=1S/C17H19N7O2/c18-17-21-14(8-15-22-19-10-24(15)17)23-7-6-12(13(25)9-23)20-16(26)11-4-2-1-3-5-11/h1-5,8,10,12-13,25H,6-7,9H2,(H2,18,21)(H,20,26)/t12-,13-/m1/s1. The van der Waals surface area contributed by atoms with E-state index in [0.717, 1.165) is 0 Å². The second kappa shape index (κ2) is 6.60. The lowest BCUT2D eigenvalue weighted by molar-refractivity contribution is 0.0797. The number of aliphatic hydroxyl groups excluding tert-OH is 1. The van der Waals surface area contributed by atoms with E-state index in [2.05, 4.69) is 20.5 Å². The minimum absolute atomic E-state index is 0.185. The molecule has 3 heterocycles. The highest BCUT2D eigenvalue weighted by atomic mass is 16.3. The minimum Gasteiger partial charge on any atom is -0.389 e. The van der Waals surface area contributed by atoms with Crippen molar-refractivity contribution in [3.63, 3.8) is 0 Å². The summed E-state index contributed by atoms with van der Waals surface area (Å²) in [6.45, 7) is 0.976. The summed E-state index contributed by atoms with van der Waals surface area (Å²) in [6.07, 6.45) is 1.38. The first-order valence-corrected chi connectivity index (χ1v) is 8.37. The molecular weight excluding hydrogens is 334 g/mol. The van der Waals surface area contributed by atoms with Crippen LogP contribution in [0.1, 0.15) is 16.8 Å². The van der Waals surface area contributed by atoms with E-state index in [1.807, 2.05) is 23.1 Å². The zero-order chi connectivity index (χ0) is 18.1. The van der Waals surface area contributed by atoms with E-state index >= 15 is 0 Å². The Morgan fingerprint density at radius 3 is 2.88 bits per heavy atom. The maximum Gasteiger partial charge on any atom is 0.251 e. The molecule has 134 valence electrons. The van der Waals surface area contributed by atoms with Gasteiger partial charge in [0.25, 0.3) is 5.91 Å². The van der Waals surface area contributed by atoms with Crippen molar-refractivity contribution in [2.75, 3.05) is 23.7 Å². The number of rotatable bonds is 3. The van der Waals surface area contributed by atoms with Gasteiger partial charge in [0.05, 0.1) is 12.1 Å². The maximum atomic E-state index is 12.3. The molecule has 0 bridgehead atoms. The second-order valence-electron chi connectivity index (χ2n) is 6.28. The third-order valence-corrected chi connectivity index (χ3v) is 4.57. The number of anilines is 2. The summed E-state index contributed by atoms with van der Waals surface area (Å²) in [5, 5.41) is 21.2. The van der Waals surface area contributed by atoms with Gasteiger partial charge < -0.3 is 21.1 Å². The highest BCUT2D eigenvalue weighted by Gasteiger charge is 2.30. The number of piperidine rings is 1. The van der Waals surface area contributed by atoms with Crippen LogP contribution in [0.4, 0.5) is 11.8 Å². The molecule has 0 unspecified atom stereocenters. The molecule has 9 heteroatoms. The Hall–Kier alpha value is -3.20. The Kier molecular flexibility index (Phi) is 4.13. The lowest BCUT2D eigenvalue weighted by atomic mass is 10.0. The highest BCUT2D eigenvalue weighted by Crippen LogP contribution is 2.21. The molecule has 1 amide bonds. The van der Waals surface area contributed by atoms with Gasteiger partial charge >= 0.3 is 0 Å². The number of aromatic nitrogens is 4. The summed E-state index contributed by atoms with van der Waals surface area (Å²) in [7, 11) is 0. The van der Waals surface area contributed by atoms with E-state index < -0.39 is 6.10 Å².